The van der Waals surface area contributed by atoms with Gasteiger partial charge < -0.3 is 9.84 Å². The number of nitrogens with zero attached hydrogens (tertiary/aromatic N) is 1. The van der Waals surface area contributed by atoms with Crippen molar-refractivity contribution in [2.75, 3.05) is 7.11 Å². The monoisotopic (exact) mass is 519 g/mol. The Labute approximate surface area is 179 Å². The summed E-state index contributed by atoms with van der Waals surface area (Å²) in [6, 6.07) is 0. The smallest absolute Gasteiger partial charge is 0.310 e. The second-order valence-electron chi connectivity index (χ2n) is 7.66. The van der Waals surface area contributed by atoms with Crippen LogP contribution in [0.2, 0.25) is 0 Å². The lowest BCUT2D eigenvalue weighted by Crippen LogP contribution is -2.36. The third-order valence-corrected chi connectivity index (χ3v) is 7.90. The molecule has 148 valence electrons. The molecule has 2 aliphatic carbocycles. The molecule has 0 saturated heterocycles. The Kier molecular flexibility index (Phi) is 6.20. The van der Waals surface area contributed by atoms with E-state index in [9.17, 15) is 14.7 Å². The van der Waals surface area contributed by atoms with Crippen LogP contribution in [0.3, 0.4) is 0 Å². The maximum atomic E-state index is 12.5. The predicted molar refractivity (Wildman–Crippen MR) is 115 cm³/mol. The van der Waals surface area contributed by atoms with Crippen LogP contribution in [0.5, 0.6) is 5.88 Å². The number of halogens is 2. The van der Waals surface area contributed by atoms with Gasteiger partial charge in [-0.2, -0.15) is 0 Å². The number of aromatic hydroxyl groups is 1. The van der Waals surface area contributed by atoms with E-state index >= 15 is 0 Å². The number of rotatable bonds is 4. The summed E-state index contributed by atoms with van der Waals surface area (Å²) >= 11 is 7.65. The van der Waals surface area contributed by atoms with Crippen LogP contribution in [-0.4, -0.2) is 27.1 Å². The zero-order valence-electron chi connectivity index (χ0n) is 15.4. The second kappa shape index (κ2) is 7.97. The van der Waals surface area contributed by atoms with E-state index in [0.29, 0.717) is 22.3 Å². The minimum atomic E-state index is -1.13. The molecule has 1 unspecified atom stereocenters. The number of methoxy groups -OCH3 is 1. The number of hydrogen-bond donors (Lipinski definition) is 1. The highest BCUT2D eigenvalue weighted by Gasteiger charge is 2.40. The predicted octanol–water partition coefficient (Wildman–Crippen LogP) is 4.96. The molecule has 1 saturated carbocycles. The van der Waals surface area contributed by atoms with E-state index in [0.717, 1.165) is 29.8 Å². The van der Waals surface area contributed by atoms with Gasteiger partial charge in [0.05, 0.1) is 9.36 Å². The molecular weight excluding hydrogens is 498 g/mol. The first kappa shape index (κ1) is 21.0. The first-order valence-electron chi connectivity index (χ1n) is 8.97. The first-order chi connectivity index (χ1) is 12.7. The summed E-state index contributed by atoms with van der Waals surface area (Å²) < 4.78 is 6.08. The van der Waals surface area contributed by atoms with Crippen LogP contribution in [0.4, 0.5) is 0 Å². The molecule has 2 aliphatic rings. The Bertz CT molecular complexity index is 864. The highest BCUT2D eigenvalue weighted by atomic mass is 79.9. The Morgan fingerprint density at radius 3 is 2.63 bits per heavy atom. The van der Waals surface area contributed by atoms with Gasteiger partial charge in [0, 0.05) is 20.1 Å². The SMILES string of the molecule is COC1(Br)CC(=Cc2sc(=O)n(CC3(C)CCCCC3)c2O)C=C(Br)C1=O. The number of hydrogen-bond acceptors (Lipinski definition) is 5. The average Bonchev–Trinajstić information content (AvgIpc) is 2.87. The van der Waals surface area contributed by atoms with Gasteiger partial charge in [0.2, 0.25) is 11.7 Å². The Morgan fingerprint density at radius 2 is 2.00 bits per heavy atom. The summed E-state index contributed by atoms with van der Waals surface area (Å²) in [4.78, 5) is 25.1. The summed E-state index contributed by atoms with van der Waals surface area (Å²) in [5.41, 5.74) is 0.833. The van der Waals surface area contributed by atoms with Crippen molar-refractivity contribution in [1.29, 1.82) is 0 Å². The fourth-order valence-corrected chi connectivity index (χ4v) is 6.10. The van der Waals surface area contributed by atoms with Crippen molar-refractivity contribution in [1.82, 2.24) is 4.57 Å². The van der Waals surface area contributed by atoms with E-state index in [2.05, 4.69) is 38.8 Å². The molecule has 1 N–H and O–H groups in total. The highest BCUT2D eigenvalue weighted by molar-refractivity contribution is 9.12. The normalized spacial score (nSPS) is 27.0. The lowest BCUT2D eigenvalue weighted by atomic mass is 9.75. The van der Waals surface area contributed by atoms with Crippen LogP contribution in [0.1, 0.15) is 50.3 Å². The molecule has 5 nitrogen and oxygen atoms in total. The van der Waals surface area contributed by atoms with Crippen LogP contribution < -0.4 is 4.87 Å². The van der Waals surface area contributed by atoms with E-state index in [-0.39, 0.29) is 22.0 Å². The van der Waals surface area contributed by atoms with E-state index in [4.69, 9.17) is 4.74 Å². The molecule has 0 amide bonds. The highest BCUT2D eigenvalue weighted by Crippen LogP contribution is 2.41. The number of thiazole rings is 1. The fraction of sp³-hybridized carbons (Fsp3) is 0.579. The third-order valence-electron chi connectivity index (χ3n) is 5.43. The average molecular weight is 521 g/mol. The Balaban J connectivity index is 1.92. The summed E-state index contributed by atoms with van der Waals surface area (Å²) in [6.07, 6.45) is 9.49. The molecule has 0 spiro atoms. The quantitative estimate of drug-likeness (QED) is 0.570. The first-order valence-corrected chi connectivity index (χ1v) is 11.4. The molecule has 0 bridgehead atoms. The maximum Gasteiger partial charge on any atom is 0.310 e. The van der Waals surface area contributed by atoms with E-state index in [1.54, 1.807) is 12.2 Å². The lowest BCUT2D eigenvalue weighted by molar-refractivity contribution is -0.126. The van der Waals surface area contributed by atoms with E-state index < -0.39 is 4.51 Å². The second-order valence-corrected chi connectivity index (χ2v) is 10.8. The molecule has 1 fully saturated rings. The molecule has 1 atom stereocenters. The Morgan fingerprint density at radius 1 is 1.33 bits per heavy atom. The molecule has 8 heteroatoms. The zero-order chi connectivity index (χ0) is 19.8. The van der Waals surface area contributed by atoms with Crippen LogP contribution in [0.25, 0.3) is 6.08 Å². The van der Waals surface area contributed by atoms with Crippen molar-refractivity contribution in [3.05, 3.63) is 30.7 Å². The fourth-order valence-electron chi connectivity index (χ4n) is 3.82. The molecule has 0 aromatic carbocycles. The number of allylic oxidation sites excluding steroid dienone is 1. The number of ketones is 1. The minimum Gasteiger partial charge on any atom is -0.493 e. The van der Waals surface area contributed by atoms with Crippen molar-refractivity contribution in [2.24, 2.45) is 5.41 Å². The van der Waals surface area contributed by atoms with Gasteiger partial charge in [-0.25, -0.2) is 0 Å². The molecule has 27 heavy (non-hydrogen) atoms. The lowest BCUT2D eigenvalue weighted by Gasteiger charge is -2.33. The van der Waals surface area contributed by atoms with Crippen molar-refractivity contribution < 1.29 is 14.6 Å². The van der Waals surface area contributed by atoms with Gasteiger partial charge in [-0.15, -0.1) is 0 Å². The number of carbonyl (C=O) groups is 1. The minimum absolute atomic E-state index is 0.00307. The summed E-state index contributed by atoms with van der Waals surface area (Å²) in [5, 5.41) is 10.7. The van der Waals surface area contributed by atoms with Gasteiger partial charge >= 0.3 is 4.87 Å². The summed E-state index contributed by atoms with van der Waals surface area (Å²) in [5.74, 6) is -0.189. The third kappa shape index (κ3) is 4.33. The summed E-state index contributed by atoms with van der Waals surface area (Å²) in [7, 11) is 1.47. The number of aromatic nitrogens is 1. The molecule has 1 aromatic rings. The largest absolute Gasteiger partial charge is 0.493 e. The van der Waals surface area contributed by atoms with Crippen molar-refractivity contribution in [2.45, 2.75) is 56.5 Å². The van der Waals surface area contributed by atoms with Crippen LogP contribution in [0.15, 0.2) is 20.9 Å². The standard InChI is InChI=1S/C19H23Br2NO4S/c1-18(6-4-3-5-7-18)11-22-16(24)14(27-17(22)25)9-12-8-13(20)15(23)19(21,10-12)26-2/h8-9,24H,3-7,10-11H2,1-2H3. The topological polar surface area (TPSA) is 68.5 Å². The van der Waals surface area contributed by atoms with Crippen LogP contribution in [-0.2, 0) is 16.1 Å². The molecule has 1 heterocycles. The van der Waals surface area contributed by atoms with E-state index in [1.807, 2.05) is 0 Å². The van der Waals surface area contributed by atoms with Crippen molar-refractivity contribution in [3.63, 3.8) is 0 Å². The van der Waals surface area contributed by atoms with E-state index in [1.165, 1.54) is 30.9 Å². The number of ether oxygens (including phenoxy) is 1. The molecule has 0 aliphatic heterocycles. The van der Waals surface area contributed by atoms with Gasteiger partial charge in [0.1, 0.15) is 0 Å². The zero-order valence-corrected chi connectivity index (χ0v) is 19.4. The molecule has 1 aromatic heterocycles. The molecular formula is C19H23Br2NO4S. The van der Waals surface area contributed by atoms with Gasteiger partial charge in [0.15, 0.2) is 4.51 Å². The number of alkyl halides is 1. The van der Waals surface area contributed by atoms with Gasteiger partial charge in [-0.3, -0.25) is 14.2 Å². The van der Waals surface area contributed by atoms with Gasteiger partial charge in [-0.05, 0) is 67.8 Å². The molecule has 0 radical (unpaired) electrons. The van der Waals surface area contributed by atoms with Gasteiger partial charge in [-0.1, -0.05) is 37.5 Å². The van der Waals surface area contributed by atoms with Gasteiger partial charge in [0.25, 0.3) is 0 Å². The molecule has 3 rings (SSSR count). The van der Waals surface area contributed by atoms with Crippen molar-refractivity contribution in [3.8, 4) is 5.88 Å². The Hall–Kier alpha value is -0.700. The maximum absolute atomic E-state index is 12.5. The number of Topliss-reactive ketones (excluding diaryl/α,β-unsaturated/α-hetero) is 1. The summed E-state index contributed by atoms with van der Waals surface area (Å²) in [6.45, 7) is 2.73. The van der Waals surface area contributed by atoms with Crippen LogP contribution >= 0.6 is 43.2 Å². The number of carbonyl (C=O) groups excluding carboxylic acids is 1. The van der Waals surface area contributed by atoms with Crippen LogP contribution in [0, 0.1) is 5.41 Å². The van der Waals surface area contributed by atoms with Crippen molar-refractivity contribution >= 4 is 55.1 Å².